The molecule has 1 unspecified atom stereocenters. The molecule has 0 aliphatic carbocycles. The highest BCUT2D eigenvalue weighted by molar-refractivity contribution is 6.33. The average Bonchev–Trinajstić information content (AvgIpc) is 2.49. The van der Waals surface area contributed by atoms with Crippen LogP contribution in [0.5, 0.6) is 5.75 Å². The van der Waals surface area contributed by atoms with Crippen molar-refractivity contribution in [3.05, 3.63) is 63.4 Å². The van der Waals surface area contributed by atoms with Crippen molar-refractivity contribution in [2.45, 2.75) is 12.5 Å². The van der Waals surface area contributed by atoms with Gasteiger partial charge in [0.25, 0.3) is 0 Å². The number of halogens is 3. The second-order valence-corrected chi connectivity index (χ2v) is 5.52. The summed E-state index contributed by atoms with van der Waals surface area (Å²) >= 11 is 12.2. The zero-order chi connectivity index (χ0) is 15.4. The van der Waals surface area contributed by atoms with Crippen molar-refractivity contribution in [1.82, 2.24) is 5.32 Å². The molecule has 1 N–H and O–H groups in total. The van der Waals surface area contributed by atoms with Crippen molar-refractivity contribution in [2.24, 2.45) is 0 Å². The summed E-state index contributed by atoms with van der Waals surface area (Å²) in [4.78, 5) is 0. The lowest BCUT2D eigenvalue weighted by molar-refractivity contribution is 0.385. The third kappa shape index (κ3) is 3.88. The molecule has 0 heterocycles. The number of nitrogens with one attached hydrogen (secondary N) is 1. The first-order valence-electron chi connectivity index (χ1n) is 6.49. The van der Waals surface area contributed by atoms with Crippen LogP contribution in [0.2, 0.25) is 10.0 Å². The van der Waals surface area contributed by atoms with Crippen molar-refractivity contribution in [1.29, 1.82) is 0 Å². The van der Waals surface area contributed by atoms with E-state index in [2.05, 4.69) is 5.32 Å². The van der Waals surface area contributed by atoms with E-state index in [-0.39, 0.29) is 17.6 Å². The Morgan fingerprint density at radius 3 is 2.62 bits per heavy atom. The Morgan fingerprint density at radius 1 is 1.19 bits per heavy atom. The number of likely N-dealkylation sites (N-methyl/N-ethyl adjacent to an activating group) is 1. The van der Waals surface area contributed by atoms with Crippen LogP contribution in [0.25, 0.3) is 0 Å². The summed E-state index contributed by atoms with van der Waals surface area (Å²) in [6.07, 6.45) is 0.644. The van der Waals surface area contributed by atoms with Crippen molar-refractivity contribution >= 4 is 23.2 Å². The third-order valence-corrected chi connectivity index (χ3v) is 3.96. The summed E-state index contributed by atoms with van der Waals surface area (Å²) in [5.74, 6) is -0.151. The molecule has 2 nitrogen and oxygen atoms in total. The maximum Gasteiger partial charge on any atom is 0.165 e. The third-order valence-electron chi connectivity index (χ3n) is 3.36. The molecule has 0 aliphatic rings. The molecule has 0 aliphatic heterocycles. The summed E-state index contributed by atoms with van der Waals surface area (Å²) in [5, 5.41) is 4.51. The van der Waals surface area contributed by atoms with E-state index in [0.29, 0.717) is 16.5 Å². The van der Waals surface area contributed by atoms with E-state index in [4.69, 9.17) is 27.9 Å². The molecule has 2 aromatic rings. The highest BCUT2D eigenvalue weighted by atomic mass is 35.5. The number of hydrogen-bond acceptors (Lipinski definition) is 2. The number of hydrogen-bond donors (Lipinski definition) is 1. The molecule has 0 saturated carbocycles. The lowest BCUT2D eigenvalue weighted by Crippen LogP contribution is -2.19. The Hall–Kier alpha value is -1.29. The van der Waals surface area contributed by atoms with Crippen molar-refractivity contribution in [3.8, 4) is 5.75 Å². The number of ether oxygens (including phenoxy) is 1. The number of rotatable bonds is 5. The molecule has 0 fully saturated rings. The largest absolute Gasteiger partial charge is 0.494 e. The van der Waals surface area contributed by atoms with Gasteiger partial charge >= 0.3 is 0 Å². The van der Waals surface area contributed by atoms with Crippen molar-refractivity contribution in [3.63, 3.8) is 0 Å². The van der Waals surface area contributed by atoms with Crippen LogP contribution in [-0.4, -0.2) is 14.2 Å². The fourth-order valence-electron chi connectivity index (χ4n) is 2.20. The molecule has 21 heavy (non-hydrogen) atoms. The van der Waals surface area contributed by atoms with Gasteiger partial charge in [-0.05, 0) is 54.9 Å². The molecular weight excluding hydrogens is 312 g/mol. The van der Waals surface area contributed by atoms with Gasteiger partial charge in [0.05, 0.1) is 7.11 Å². The normalized spacial score (nSPS) is 12.2. The Bertz CT molecular complexity index is 634. The Balaban J connectivity index is 2.29. The van der Waals surface area contributed by atoms with Gasteiger partial charge in [0.15, 0.2) is 11.6 Å². The van der Waals surface area contributed by atoms with Gasteiger partial charge < -0.3 is 10.1 Å². The summed E-state index contributed by atoms with van der Waals surface area (Å²) < 4.78 is 18.5. The fraction of sp³-hybridized carbons (Fsp3) is 0.250. The maximum atomic E-state index is 13.5. The van der Waals surface area contributed by atoms with E-state index in [1.165, 1.54) is 13.2 Å². The average molecular weight is 328 g/mol. The van der Waals surface area contributed by atoms with Crippen LogP contribution >= 0.6 is 23.2 Å². The summed E-state index contributed by atoms with van der Waals surface area (Å²) in [6.45, 7) is 0. The minimum atomic E-state index is -0.378. The molecule has 1 atom stereocenters. The van der Waals surface area contributed by atoms with Gasteiger partial charge in [0.1, 0.15) is 0 Å². The molecule has 0 saturated heterocycles. The minimum absolute atomic E-state index is 0.0181. The lowest BCUT2D eigenvalue weighted by Gasteiger charge is -2.18. The molecule has 0 radical (unpaired) electrons. The Morgan fingerprint density at radius 2 is 1.95 bits per heavy atom. The van der Waals surface area contributed by atoms with Crippen LogP contribution in [0.1, 0.15) is 17.2 Å². The van der Waals surface area contributed by atoms with Crippen LogP contribution in [-0.2, 0) is 6.42 Å². The molecule has 0 bridgehead atoms. The van der Waals surface area contributed by atoms with E-state index in [9.17, 15) is 4.39 Å². The minimum Gasteiger partial charge on any atom is -0.494 e. The molecule has 112 valence electrons. The molecule has 0 amide bonds. The van der Waals surface area contributed by atoms with E-state index in [1.807, 2.05) is 13.1 Å². The van der Waals surface area contributed by atoms with E-state index in [1.54, 1.807) is 24.3 Å². The monoisotopic (exact) mass is 327 g/mol. The first kappa shape index (κ1) is 16.1. The topological polar surface area (TPSA) is 21.3 Å². The SMILES string of the molecule is CNC(Cc1cc(Cl)ccc1Cl)c1ccc(F)c(OC)c1. The lowest BCUT2D eigenvalue weighted by atomic mass is 9.98. The number of benzene rings is 2. The van der Waals surface area contributed by atoms with E-state index >= 15 is 0 Å². The zero-order valence-corrected chi connectivity index (χ0v) is 13.3. The van der Waals surface area contributed by atoms with Gasteiger partial charge in [-0.15, -0.1) is 0 Å². The van der Waals surface area contributed by atoms with Crippen LogP contribution in [0.15, 0.2) is 36.4 Å². The molecule has 0 aromatic heterocycles. The highest BCUT2D eigenvalue weighted by Gasteiger charge is 2.15. The van der Waals surface area contributed by atoms with Crippen molar-refractivity contribution < 1.29 is 9.13 Å². The highest BCUT2D eigenvalue weighted by Crippen LogP contribution is 2.28. The second kappa shape index (κ2) is 7.12. The fourth-order valence-corrected chi connectivity index (χ4v) is 2.59. The summed E-state index contributed by atoms with van der Waals surface area (Å²) in [7, 11) is 3.30. The summed E-state index contributed by atoms with van der Waals surface area (Å²) in [6, 6.07) is 10.2. The van der Waals surface area contributed by atoms with Crippen molar-refractivity contribution in [2.75, 3.05) is 14.2 Å². The predicted molar refractivity (Wildman–Crippen MR) is 84.9 cm³/mol. The molecule has 5 heteroatoms. The van der Waals surface area contributed by atoms with Crippen LogP contribution in [0, 0.1) is 5.82 Å². The zero-order valence-electron chi connectivity index (χ0n) is 11.8. The molecule has 2 rings (SSSR count). The second-order valence-electron chi connectivity index (χ2n) is 4.68. The van der Waals surface area contributed by atoms with Gasteiger partial charge in [-0.3, -0.25) is 0 Å². The Kier molecular flexibility index (Phi) is 5.45. The quantitative estimate of drug-likeness (QED) is 0.863. The molecule has 0 spiro atoms. The van der Waals surface area contributed by atoms with E-state index in [0.717, 1.165) is 11.1 Å². The molecule has 2 aromatic carbocycles. The van der Waals surface area contributed by atoms with E-state index < -0.39 is 0 Å². The van der Waals surface area contributed by atoms with Crippen LogP contribution in [0.3, 0.4) is 0 Å². The van der Waals surface area contributed by atoms with Crippen LogP contribution in [0.4, 0.5) is 4.39 Å². The first-order chi connectivity index (χ1) is 10.0. The first-order valence-corrected chi connectivity index (χ1v) is 7.25. The predicted octanol–water partition coefficient (Wildman–Crippen LogP) is 4.64. The molecular formula is C16H16Cl2FNO. The smallest absolute Gasteiger partial charge is 0.165 e. The van der Waals surface area contributed by atoms with Gasteiger partial charge in [-0.25, -0.2) is 4.39 Å². The van der Waals surface area contributed by atoms with Gasteiger partial charge in [0.2, 0.25) is 0 Å². The maximum absolute atomic E-state index is 13.5. The Labute approximate surface area is 133 Å². The number of methoxy groups -OCH3 is 1. The van der Waals surface area contributed by atoms with Gasteiger partial charge in [-0.2, -0.15) is 0 Å². The van der Waals surface area contributed by atoms with Crippen LogP contribution < -0.4 is 10.1 Å². The summed E-state index contributed by atoms with van der Waals surface area (Å²) in [5.41, 5.74) is 1.86. The van der Waals surface area contributed by atoms with Gasteiger partial charge in [-0.1, -0.05) is 29.3 Å². The van der Waals surface area contributed by atoms with Gasteiger partial charge in [0, 0.05) is 16.1 Å². The standard InChI is InChI=1S/C16H16Cl2FNO/c1-20-15(8-11-7-12(17)4-5-13(11)18)10-3-6-14(19)16(9-10)21-2/h3-7,9,15,20H,8H2,1-2H3.